The number of aliphatic carboxylic acids is 2. The van der Waals surface area contributed by atoms with Gasteiger partial charge < -0.3 is 36.4 Å². The predicted molar refractivity (Wildman–Crippen MR) is 113 cm³/mol. The molecule has 0 spiro atoms. The topological polar surface area (TPSA) is 188 Å². The second kappa shape index (κ2) is 14.2. The van der Waals surface area contributed by atoms with Gasteiger partial charge in [-0.3, -0.25) is 19.2 Å². The number of nitrogens with one attached hydrogen (secondary N) is 2. The van der Waals surface area contributed by atoms with Crippen molar-refractivity contribution in [1.82, 2.24) is 10.6 Å². The number of hydrogen-bond acceptors (Lipinski definition) is 8. The summed E-state index contributed by atoms with van der Waals surface area (Å²) in [5, 5.41) is 32.1. The van der Waals surface area contributed by atoms with Gasteiger partial charge in [0, 0.05) is 23.8 Å². The highest BCUT2D eigenvalue weighted by Gasteiger charge is 2.35. The minimum atomic E-state index is -1.23. The van der Waals surface area contributed by atoms with Crippen molar-refractivity contribution >= 4 is 35.5 Å². The standard InChI is InChI=1S/C19H33N3O8S/c1-2-3-4-5-13-14(8-17(26)30-13)31-10-12(18(27)21-9-16(24)25)22-15(23)7-6-11(20)19(28)29/h11-14,17,26H,2-10,20H2,1H3,(H,21,27)(H,22,23)(H,24,25)(H,28,29)/t11-,12+,13+,14-,17+/m0/s1. The minimum Gasteiger partial charge on any atom is -0.480 e. The number of rotatable bonds is 15. The fraction of sp³-hybridized carbons (Fsp3) is 0.789. The van der Waals surface area contributed by atoms with Crippen molar-refractivity contribution in [2.45, 2.75) is 81.6 Å². The van der Waals surface area contributed by atoms with Crippen molar-refractivity contribution in [3.8, 4) is 0 Å². The first-order valence-electron chi connectivity index (χ1n) is 10.4. The van der Waals surface area contributed by atoms with Crippen LogP contribution in [0.15, 0.2) is 0 Å². The molecule has 2 amide bonds. The highest BCUT2D eigenvalue weighted by atomic mass is 32.2. The molecule has 12 heteroatoms. The van der Waals surface area contributed by atoms with Gasteiger partial charge in [-0.1, -0.05) is 26.2 Å². The van der Waals surface area contributed by atoms with Gasteiger partial charge in [-0.25, -0.2) is 0 Å². The summed E-state index contributed by atoms with van der Waals surface area (Å²) in [7, 11) is 0. The first-order chi connectivity index (χ1) is 14.6. The van der Waals surface area contributed by atoms with Crippen LogP contribution in [0.2, 0.25) is 0 Å². The Kier molecular flexibility index (Phi) is 12.5. The Bertz CT molecular complexity index is 621. The van der Waals surface area contributed by atoms with Crippen molar-refractivity contribution in [3.63, 3.8) is 0 Å². The van der Waals surface area contributed by atoms with E-state index in [1.807, 2.05) is 0 Å². The molecule has 31 heavy (non-hydrogen) atoms. The number of unbranched alkanes of at least 4 members (excludes halogenated alkanes) is 2. The fourth-order valence-electron chi connectivity index (χ4n) is 3.09. The molecule has 11 nitrogen and oxygen atoms in total. The van der Waals surface area contributed by atoms with E-state index in [0.717, 1.165) is 25.7 Å². The lowest BCUT2D eigenvalue weighted by Gasteiger charge is -2.22. The maximum Gasteiger partial charge on any atom is 0.322 e. The number of carboxylic acids is 2. The van der Waals surface area contributed by atoms with Crippen LogP contribution in [0.3, 0.4) is 0 Å². The van der Waals surface area contributed by atoms with E-state index in [1.165, 1.54) is 11.8 Å². The molecule has 1 aliphatic rings. The first kappa shape index (κ1) is 27.1. The van der Waals surface area contributed by atoms with E-state index in [9.17, 15) is 24.3 Å². The molecule has 0 aliphatic carbocycles. The van der Waals surface area contributed by atoms with E-state index in [4.69, 9.17) is 20.7 Å². The molecule has 0 aromatic carbocycles. The molecule has 0 aromatic rings. The van der Waals surface area contributed by atoms with Crippen molar-refractivity contribution < 1.29 is 39.2 Å². The Hall–Kier alpha value is -1.89. The Balaban J connectivity index is 2.67. The van der Waals surface area contributed by atoms with Crippen LogP contribution in [0.5, 0.6) is 0 Å². The Morgan fingerprint density at radius 3 is 2.55 bits per heavy atom. The molecule has 0 aromatic heterocycles. The van der Waals surface area contributed by atoms with Gasteiger partial charge in [-0.2, -0.15) is 11.8 Å². The number of amides is 2. The van der Waals surface area contributed by atoms with Crippen LogP contribution in [0.1, 0.15) is 51.9 Å². The molecule has 0 saturated carbocycles. The zero-order chi connectivity index (χ0) is 23.4. The van der Waals surface area contributed by atoms with Gasteiger partial charge in [-0.05, 0) is 12.8 Å². The maximum atomic E-state index is 12.4. The number of aliphatic hydroxyl groups is 1. The predicted octanol–water partition coefficient (Wildman–Crippen LogP) is -0.346. The largest absolute Gasteiger partial charge is 0.480 e. The minimum absolute atomic E-state index is 0.0704. The summed E-state index contributed by atoms with van der Waals surface area (Å²) in [5.74, 6) is -3.52. The molecule has 178 valence electrons. The van der Waals surface area contributed by atoms with Crippen molar-refractivity contribution in [1.29, 1.82) is 0 Å². The SMILES string of the molecule is CCCCC[C@H]1O[C@@H](O)C[C@@H]1SC[C@@H](NC(=O)CC[C@H](N)C(=O)O)C(=O)NCC(=O)O. The van der Waals surface area contributed by atoms with Crippen molar-refractivity contribution in [2.75, 3.05) is 12.3 Å². The van der Waals surface area contributed by atoms with Crippen LogP contribution in [0.25, 0.3) is 0 Å². The number of carboxylic acid groups (broad SMARTS) is 2. The summed E-state index contributed by atoms with van der Waals surface area (Å²) in [6, 6.07) is -2.22. The zero-order valence-electron chi connectivity index (χ0n) is 17.6. The van der Waals surface area contributed by atoms with E-state index in [0.29, 0.717) is 6.42 Å². The fourth-order valence-corrected chi connectivity index (χ4v) is 4.48. The number of carbonyl (C=O) groups excluding carboxylic acids is 2. The third-order valence-electron chi connectivity index (χ3n) is 4.81. The van der Waals surface area contributed by atoms with Crippen LogP contribution >= 0.6 is 11.8 Å². The van der Waals surface area contributed by atoms with E-state index in [-0.39, 0.29) is 29.9 Å². The molecular weight excluding hydrogens is 430 g/mol. The number of thioether (sulfide) groups is 1. The van der Waals surface area contributed by atoms with Crippen molar-refractivity contribution in [3.05, 3.63) is 0 Å². The monoisotopic (exact) mass is 463 g/mol. The van der Waals surface area contributed by atoms with Crippen molar-refractivity contribution in [2.24, 2.45) is 5.73 Å². The van der Waals surface area contributed by atoms with Crippen LogP contribution in [-0.2, 0) is 23.9 Å². The van der Waals surface area contributed by atoms with Gasteiger partial charge in [0.1, 0.15) is 18.6 Å². The van der Waals surface area contributed by atoms with E-state index >= 15 is 0 Å². The lowest BCUT2D eigenvalue weighted by atomic mass is 10.1. The molecule has 0 unspecified atom stereocenters. The highest BCUT2D eigenvalue weighted by Crippen LogP contribution is 2.33. The van der Waals surface area contributed by atoms with Crippen LogP contribution < -0.4 is 16.4 Å². The van der Waals surface area contributed by atoms with Gasteiger partial charge >= 0.3 is 11.9 Å². The molecule has 1 rings (SSSR count). The summed E-state index contributed by atoms with van der Waals surface area (Å²) in [4.78, 5) is 46.1. The van der Waals surface area contributed by atoms with Crippen LogP contribution in [0.4, 0.5) is 0 Å². The van der Waals surface area contributed by atoms with Gasteiger partial charge in [0.05, 0.1) is 6.10 Å². The number of hydrogen-bond donors (Lipinski definition) is 6. The van der Waals surface area contributed by atoms with E-state index in [1.54, 1.807) is 0 Å². The van der Waals surface area contributed by atoms with E-state index < -0.39 is 48.7 Å². The second-order valence-electron chi connectivity index (χ2n) is 7.45. The number of nitrogens with two attached hydrogens (primary N) is 1. The molecule has 5 atom stereocenters. The highest BCUT2D eigenvalue weighted by molar-refractivity contribution is 8.00. The molecular formula is C19H33N3O8S. The summed E-state index contributed by atoms with van der Waals surface area (Å²) in [5.41, 5.74) is 5.39. The average Bonchev–Trinajstić information content (AvgIpc) is 3.06. The molecule has 1 fully saturated rings. The summed E-state index contributed by atoms with van der Waals surface area (Å²) in [6.07, 6.45) is 2.89. The summed E-state index contributed by atoms with van der Waals surface area (Å²) < 4.78 is 5.56. The summed E-state index contributed by atoms with van der Waals surface area (Å²) in [6.45, 7) is 1.49. The third kappa shape index (κ3) is 10.8. The van der Waals surface area contributed by atoms with Gasteiger partial charge in [0.2, 0.25) is 11.8 Å². The van der Waals surface area contributed by atoms with E-state index in [2.05, 4.69) is 17.6 Å². The van der Waals surface area contributed by atoms with Crippen LogP contribution in [0, 0.1) is 0 Å². The smallest absolute Gasteiger partial charge is 0.322 e. The Labute approximate surface area is 185 Å². The number of carbonyl (C=O) groups is 4. The molecule has 1 saturated heterocycles. The Morgan fingerprint density at radius 1 is 1.23 bits per heavy atom. The lowest BCUT2D eigenvalue weighted by Crippen LogP contribution is -2.50. The third-order valence-corrected chi connectivity index (χ3v) is 6.26. The molecule has 7 N–H and O–H groups in total. The van der Waals surface area contributed by atoms with Gasteiger partial charge in [-0.15, -0.1) is 0 Å². The zero-order valence-corrected chi connectivity index (χ0v) is 18.4. The molecule has 1 heterocycles. The second-order valence-corrected chi connectivity index (χ2v) is 8.72. The van der Waals surface area contributed by atoms with Gasteiger partial charge in [0.15, 0.2) is 6.29 Å². The van der Waals surface area contributed by atoms with Gasteiger partial charge in [0.25, 0.3) is 0 Å². The van der Waals surface area contributed by atoms with Crippen LogP contribution in [-0.4, -0.2) is 81.1 Å². The lowest BCUT2D eigenvalue weighted by molar-refractivity contribution is -0.139. The molecule has 1 aliphatic heterocycles. The Morgan fingerprint density at radius 2 is 1.94 bits per heavy atom. The quantitative estimate of drug-likeness (QED) is 0.175. The average molecular weight is 464 g/mol. The number of ether oxygens (including phenoxy) is 1. The number of aliphatic hydroxyl groups excluding tert-OH is 1. The first-order valence-corrected chi connectivity index (χ1v) is 11.4. The normalized spacial score (nSPS) is 22.5. The summed E-state index contributed by atoms with van der Waals surface area (Å²) >= 11 is 1.37. The molecule has 0 radical (unpaired) electrons. The molecule has 0 bridgehead atoms. The maximum absolute atomic E-state index is 12.4.